The number of benzene rings is 1. The molecule has 0 saturated carbocycles. The van der Waals surface area contributed by atoms with Gasteiger partial charge in [0.25, 0.3) is 10.0 Å². The number of anilines is 1. The van der Waals surface area contributed by atoms with Gasteiger partial charge in [0.1, 0.15) is 10.0 Å². The molecule has 1 heterocycles. The summed E-state index contributed by atoms with van der Waals surface area (Å²) in [5.41, 5.74) is -1.09. The van der Waals surface area contributed by atoms with Crippen LogP contribution in [0, 0.1) is 6.92 Å². The van der Waals surface area contributed by atoms with Gasteiger partial charge < -0.3 is 0 Å². The molecule has 11 heteroatoms. The smallest absolute Gasteiger partial charge is 0.279 e. The Balaban J connectivity index is 2.46. The average Bonchev–Trinajstić information content (AvgIpc) is 2.64. The maximum absolute atomic E-state index is 12.9. The summed E-state index contributed by atoms with van der Waals surface area (Å²) in [4.78, 5) is -0.279. The fourth-order valence-corrected chi connectivity index (χ4v) is 4.20. The number of rotatable bonds is 3. The van der Waals surface area contributed by atoms with Gasteiger partial charge in [-0.2, -0.15) is 18.3 Å². The molecule has 0 radical (unpaired) electrons. The lowest BCUT2D eigenvalue weighted by atomic mass is 10.2. The lowest BCUT2D eigenvalue weighted by Crippen LogP contribution is -2.15. The van der Waals surface area contributed by atoms with Crippen LogP contribution < -0.4 is 4.72 Å². The van der Waals surface area contributed by atoms with Crippen molar-refractivity contribution in [1.29, 1.82) is 0 Å². The maximum atomic E-state index is 12.9. The minimum absolute atomic E-state index is 0.136. The van der Waals surface area contributed by atoms with E-state index < -0.39 is 21.8 Å². The van der Waals surface area contributed by atoms with E-state index in [0.29, 0.717) is 6.07 Å². The van der Waals surface area contributed by atoms with Crippen LogP contribution in [0.2, 0.25) is 5.15 Å². The summed E-state index contributed by atoms with van der Waals surface area (Å²) in [5.74, 6) is 0. The Kier molecular flexibility index (Phi) is 4.71. The number of hydrogen-bond acceptors (Lipinski definition) is 3. The van der Waals surface area contributed by atoms with Gasteiger partial charge in [0.05, 0.1) is 11.3 Å². The summed E-state index contributed by atoms with van der Waals surface area (Å²) in [6, 6.07) is 3.01. The SMILES string of the molecule is Cc1nn(C)c(Cl)c1S(=O)(=O)Nc1ccc(Br)c(C(F)(F)F)c1. The number of hydrogen-bond donors (Lipinski definition) is 1. The predicted octanol–water partition coefficient (Wildman–Crippen LogP) is 3.96. The highest BCUT2D eigenvalue weighted by molar-refractivity contribution is 9.10. The first kappa shape index (κ1) is 18.1. The van der Waals surface area contributed by atoms with Crippen molar-refractivity contribution in [3.05, 3.63) is 39.1 Å². The van der Waals surface area contributed by atoms with Crippen LogP contribution in [-0.4, -0.2) is 18.2 Å². The third-order valence-electron chi connectivity index (χ3n) is 2.89. The van der Waals surface area contributed by atoms with Crippen molar-refractivity contribution in [3.8, 4) is 0 Å². The Labute approximate surface area is 143 Å². The minimum Gasteiger partial charge on any atom is -0.279 e. The van der Waals surface area contributed by atoms with Gasteiger partial charge in [0.15, 0.2) is 0 Å². The first-order valence-corrected chi connectivity index (χ1v) is 8.67. The van der Waals surface area contributed by atoms with Crippen molar-refractivity contribution >= 4 is 43.2 Å². The van der Waals surface area contributed by atoms with E-state index in [1.165, 1.54) is 20.0 Å². The Morgan fingerprint density at radius 1 is 1.35 bits per heavy atom. The Morgan fingerprint density at radius 3 is 2.43 bits per heavy atom. The summed E-state index contributed by atoms with van der Waals surface area (Å²) in [7, 11) is -2.72. The van der Waals surface area contributed by atoms with Gasteiger partial charge >= 0.3 is 6.18 Å². The molecule has 0 unspecified atom stereocenters. The molecular formula is C12H10BrClF3N3O2S. The molecule has 0 bridgehead atoms. The number of nitrogens with one attached hydrogen (secondary N) is 1. The van der Waals surface area contributed by atoms with Crippen molar-refractivity contribution in [2.45, 2.75) is 18.0 Å². The third kappa shape index (κ3) is 3.64. The third-order valence-corrected chi connectivity index (χ3v) is 5.66. The molecule has 0 aliphatic rings. The van der Waals surface area contributed by atoms with Crippen molar-refractivity contribution in [2.24, 2.45) is 7.05 Å². The summed E-state index contributed by atoms with van der Waals surface area (Å²) in [6.45, 7) is 1.43. The van der Waals surface area contributed by atoms with Crippen LogP contribution in [0.4, 0.5) is 18.9 Å². The van der Waals surface area contributed by atoms with E-state index in [-0.39, 0.29) is 25.9 Å². The molecular weight excluding hydrogens is 423 g/mol. The quantitative estimate of drug-likeness (QED) is 0.798. The van der Waals surface area contributed by atoms with Crippen molar-refractivity contribution in [1.82, 2.24) is 9.78 Å². The van der Waals surface area contributed by atoms with Crippen LogP contribution in [0.1, 0.15) is 11.3 Å². The second-order valence-electron chi connectivity index (χ2n) is 4.63. The highest BCUT2D eigenvalue weighted by Gasteiger charge is 2.34. The van der Waals surface area contributed by atoms with E-state index in [4.69, 9.17) is 11.6 Å². The zero-order valence-corrected chi connectivity index (χ0v) is 14.9. The monoisotopic (exact) mass is 431 g/mol. The normalized spacial score (nSPS) is 12.5. The molecule has 1 N–H and O–H groups in total. The standard InChI is InChI=1S/C12H10BrClF3N3O2S/c1-6-10(11(14)20(2)18-6)23(21,22)19-7-3-4-9(13)8(5-7)12(15,16)17/h3-5,19H,1-2H3. The van der Waals surface area contributed by atoms with Gasteiger partial charge in [-0.3, -0.25) is 9.40 Å². The van der Waals surface area contributed by atoms with Gasteiger partial charge in [0.2, 0.25) is 0 Å². The predicted molar refractivity (Wildman–Crippen MR) is 82.9 cm³/mol. The molecule has 0 aliphatic heterocycles. The fraction of sp³-hybridized carbons (Fsp3) is 0.250. The molecule has 23 heavy (non-hydrogen) atoms. The van der Waals surface area contributed by atoms with Crippen LogP contribution in [0.5, 0.6) is 0 Å². The summed E-state index contributed by atoms with van der Waals surface area (Å²) < 4.78 is 66.4. The molecule has 0 aliphatic carbocycles. The van der Waals surface area contributed by atoms with Crippen molar-refractivity contribution in [3.63, 3.8) is 0 Å². The van der Waals surface area contributed by atoms with Crippen LogP contribution in [0.15, 0.2) is 27.6 Å². The number of halogens is 5. The number of nitrogens with zero attached hydrogens (tertiary/aromatic N) is 2. The van der Waals surface area contributed by atoms with Crippen molar-refractivity contribution < 1.29 is 21.6 Å². The van der Waals surface area contributed by atoms with Gasteiger partial charge in [-0.15, -0.1) is 0 Å². The van der Waals surface area contributed by atoms with Gasteiger partial charge in [-0.05, 0) is 25.1 Å². The molecule has 126 valence electrons. The van der Waals surface area contributed by atoms with E-state index in [0.717, 1.165) is 10.7 Å². The summed E-state index contributed by atoms with van der Waals surface area (Å²) in [5, 5.41) is 3.73. The lowest BCUT2D eigenvalue weighted by Gasteiger charge is -2.13. The largest absolute Gasteiger partial charge is 0.417 e. The van der Waals surface area contributed by atoms with Gasteiger partial charge in [0, 0.05) is 17.2 Å². The number of aromatic nitrogens is 2. The average molecular weight is 433 g/mol. The van der Waals surface area contributed by atoms with Crippen LogP contribution in [0.25, 0.3) is 0 Å². The van der Waals surface area contributed by atoms with Crippen molar-refractivity contribution in [2.75, 3.05) is 4.72 Å². The van der Waals surface area contributed by atoms with Crippen LogP contribution >= 0.6 is 27.5 Å². The summed E-state index contributed by atoms with van der Waals surface area (Å²) in [6.07, 6.45) is -4.62. The molecule has 0 atom stereocenters. The Morgan fingerprint density at radius 2 is 1.96 bits per heavy atom. The fourth-order valence-electron chi connectivity index (χ4n) is 1.93. The van der Waals surface area contributed by atoms with E-state index in [1.54, 1.807) is 0 Å². The first-order valence-electron chi connectivity index (χ1n) is 6.02. The molecule has 0 spiro atoms. The van der Waals surface area contributed by atoms with Gasteiger partial charge in [-0.1, -0.05) is 27.5 Å². The second-order valence-corrected chi connectivity index (χ2v) is 7.46. The molecule has 5 nitrogen and oxygen atoms in total. The second kappa shape index (κ2) is 5.99. The molecule has 0 fully saturated rings. The number of aryl methyl sites for hydroxylation is 2. The summed E-state index contributed by atoms with van der Waals surface area (Å²) >= 11 is 8.67. The highest BCUT2D eigenvalue weighted by atomic mass is 79.9. The van der Waals surface area contributed by atoms with Crippen LogP contribution in [0.3, 0.4) is 0 Å². The molecule has 1 aromatic heterocycles. The molecule has 0 amide bonds. The zero-order valence-electron chi connectivity index (χ0n) is 11.7. The highest BCUT2D eigenvalue weighted by Crippen LogP contribution is 2.37. The van der Waals surface area contributed by atoms with Gasteiger partial charge in [-0.25, -0.2) is 8.42 Å². The van der Waals surface area contributed by atoms with E-state index in [2.05, 4.69) is 25.8 Å². The number of sulfonamides is 1. The molecule has 2 rings (SSSR count). The Hall–Kier alpha value is -1.26. The lowest BCUT2D eigenvalue weighted by molar-refractivity contribution is -0.138. The maximum Gasteiger partial charge on any atom is 0.417 e. The molecule has 0 saturated heterocycles. The van der Waals surface area contributed by atoms with E-state index in [9.17, 15) is 21.6 Å². The van der Waals surface area contributed by atoms with E-state index >= 15 is 0 Å². The van der Waals surface area contributed by atoms with Crippen LogP contribution in [-0.2, 0) is 23.2 Å². The Bertz CT molecular complexity index is 865. The first-order chi connectivity index (χ1) is 10.4. The number of alkyl halides is 3. The molecule has 1 aromatic carbocycles. The topological polar surface area (TPSA) is 64.0 Å². The zero-order chi connectivity index (χ0) is 17.6. The van der Waals surface area contributed by atoms with E-state index in [1.807, 2.05) is 0 Å². The molecule has 2 aromatic rings. The minimum atomic E-state index is -4.62.